The van der Waals surface area contributed by atoms with Crippen LogP contribution in [0.2, 0.25) is 0 Å². The summed E-state index contributed by atoms with van der Waals surface area (Å²) in [5.41, 5.74) is -0.401. The van der Waals surface area contributed by atoms with Crippen LogP contribution < -0.4 is 5.32 Å². The predicted molar refractivity (Wildman–Crippen MR) is 104 cm³/mol. The van der Waals surface area contributed by atoms with E-state index in [1.807, 2.05) is 18.7 Å². The molecule has 3 rings (SSSR count). The molecule has 5 heteroatoms. The normalized spacial score (nSPS) is 26.4. The lowest BCUT2D eigenvalue weighted by Gasteiger charge is -2.58. The molecule has 1 N–H and O–H groups in total. The molecule has 0 aromatic rings. The van der Waals surface area contributed by atoms with Crippen molar-refractivity contribution in [1.29, 1.82) is 0 Å². The van der Waals surface area contributed by atoms with E-state index in [2.05, 4.69) is 17.3 Å². The highest BCUT2D eigenvalue weighted by molar-refractivity contribution is 6.02. The molecule has 0 aromatic carbocycles. The topological polar surface area (TPSA) is 52.7 Å². The molecule has 2 amide bonds. The molecule has 0 aromatic heterocycles. The maximum Gasteiger partial charge on any atom is 0.243 e. The van der Waals surface area contributed by atoms with Crippen LogP contribution in [0.4, 0.5) is 0 Å². The lowest BCUT2D eigenvalue weighted by Crippen LogP contribution is -2.75. The first-order valence-electron chi connectivity index (χ1n) is 10.8. The minimum absolute atomic E-state index is 0.0669. The largest absolute Gasteiger partial charge is 0.353 e. The molecule has 2 aliphatic carbocycles. The van der Waals surface area contributed by atoms with E-state index in [0.29, 0.717) is 12.6 Å². The number of rotatable bonds is 6. The van der Waals surface area contributed by atoms with Crippen LogP contribution in [0.25, 0.3) is 0 Å². The second-order valence-electron chi connectivity index (χ2n) is 8.99. The van der Waals surface area contributed by atoms with Gasteiger partial charge in [0, 0.05) is 25.2 Å². The molecule has 0 radical (unpaired) electrons. The van der Waals surface area contributed by atoms with Crippen LogP contribution in [0.1, 0.15) is 78.1 Å². The number of β-lactam (4-membered cyclic amide) rings is 1. The highest BCUT2D eigenvalue weighted by Gasteiger charge is 2.63. The Bertz CT molecular complexity index is 507. The summed E-state index contributed by atoms with van der Waals surface area (Å²) in [6.07, 6.45) is 11.7. The predicted octanol–water partition coefficient (Wildman–Crippen LogP) is 2.94. The first-order valence-corrected chi connectivity index (χ1v) is 10.8. The van der Waals surface area contributed by atoms with Gasteiger partial charge in [-0.2, -0.15) is 0 Å². The van der Waals surface area contributed by atoms with Crippen LogP contribution >= 0.6 is 0 Å². The fourth-order valence-corrected chi connectivity index (χ4v) is 5.43. The second-order valence-corrected chi connectivity index (χ2v) is 8.99. The van der Waals surface area contributed by atoms with Crippen molar-refractivity contribution in [2.75, 3.05) is 20.1 Å². The Morgan fingerprint density at radius 2 is 1.77 bits per heavy atom. The van der Waals surface area contributed by atoms with Crippen molar-refractivity contribution < 1.29 is 9.59 Å². The van der Waals surface area contributed by atoms with Crippen LogP contribution in [-0.2, 0) is 9.59 Å². The van der Waals surface area contributed by atoms with Crippen molar-refractivity contribution in [3.63, 3.8) is 0 Å². The minimum Gasteiger partial charge on any atom is -0.353 e. The molecule has 3 fully saturated rings. The van der Waals surface area contributed by atoms with Crippen molar-refractivity contribution in [1.82, 2.24) is 15.1 Å². The smallest absolute Gasteiger partial charge is 0.243 e. The number of carbonyl (C=O) groups is 2. The van der Waals surface area contributed by atoms with Gasteiger partial charge in [0.2, 0.25) is 11.8 Å². The van der Waals surface area contributed by atoms with Gasteiger partial charge in [0.05, 0.1) is 5.41 Å². The number of amides is 2. The highest BCUT2D eigenvalue weighted by Crippen LogP contribution is 2.50. The van der Waals surface area contributed by atoms with Gasteiger partial charge >= 0.3 is 0 Å². The first kappa shape index (κ1) is 19.7. The Balaban J connectivity index is 1.55. The van der Waals surface area contributed by atoms with Crippen molar-refractivity contribution in [3.05, 3.63) is 0 Å². The second kappa shape index (κ2) is 8.28. The number of hydrogen-bond donors (Lipinski definition) is 1. The quantitative estimate of drug-likeness (QED) is 0.738. The molecule has 148 valence electrons. The summed E-state index contributed by atoms with van der Waals surface area (Å²) in [5.74, 6) is 0.281. The van der Waals surface area contributed by atoms with E-state index >= 15 is 0 Å². The fourth-order valence-electron chi connectivity index (χ4n) is 5.43. The third-order valence-corrected chi connectivity index (χ3v) is 6.97. The standard InChI is InChI=1S/C21H37N3O2/c1-16(2)24-18(21(20(24)26)12-8-5-9-13-21)19(25)22-14-15-23(3)17-10-6-4-7-11-17/h16-18H,4-15H2,1-3H3,(H,22,25). The molecule has 1 unspecified atom stereocenters. The zero-order valence-electron chi connectivity index (χ0n) is 16.9. The first-order chi connectivity index (χ1) is 12.5. The Hall–Kier alpha value is -1.10. The molecular formula is C21H37N3O2. The average molecular weight is 364 g/mol. The highest BCUT2D eigenvalue weighted by atomic mass is 16.2. The molecule has 5 nitrogen and oxygen atoms in total. The molecule has 26 heavy (non-hydrogen) atoms. The number of carbonyl (C=O) groups excluding carboxylic acids is 2. The Morgan fingerprint density at radius 1 is 1.15 bits per heavy atom. The lowest BCUT2D eigenvalue weighted by atomic mass is 9.61. The van der Waals surface area contributed by atoms with Gasteiger partial charge in [-0.25, -0.2) is 0 Å². The van der Waals surface area contributed by atoms with E-state index < -0.39 is 5.41 Å². The van der Waals surface area contributed by atoms with E-state index in [1.54, 1.807) is 0 Å². The average Bonchev–Trinajstić information content (AvgIpc) is 2.66. The summed E-state index contributed by atoms with van der Waals surface area (Å²) in [5, 5.41) is 3.16. The van der Waals surface area contributed by atoms with Crippen LogP contribution in [0.5, 0.6) is 0 Å². The summed E-state index contributed by atoms with van der Waals surface area (Å²) in [4.78, 5) is 30.0. The summed E-state index contributed by atoms with van der Waals surface area (Å²) in [6.45, 7) is 5.61. The van der Waals surface area contributed by atoms with Gasteiger partial charge in [-0.1, -0.05) is 38.5 Å². The van der Waals surface area contributed by atoms with Crippen LogP contribution in [-0.4, -0.2) is 59.9 Å². The van der Waals surface area contributed by atoms with E-state index in [-0.39, 0.29) is 23.9 Å². The maximum atomic E-state index is 13.0. The van der Waals surface area contributed by atoms with Gasteiger partial charge in [-0.05, 0) is 46.6 Å². The maximum absolute atomic E-state index is 13.0. The zero-order valence-corrected chi connectivity index (χ0v) is 16.9. The Kier molecular flexibility index (Phi) is 6.26. The number of likely N-dealkylation sites (tertiary alicyclic amines) is 1. The lowest BCUT2D eigenvalue weighted by molar-refractivity contribution is -0.185. The zero-order chi connectivity index (χ0) is 18.7. The number of nitrogens with one attached hydrogen (secondary N) is 1. The van der Waals surface area contributed by atoms with Crippen LogP contribution in [0, 0.1) is 5.41 Å². The van der Waals surface area contributed by atoms with Crippen molar-refractivity contribution in [3.8, 4) is 0 Å². The molecule has 1 saturated heterocycles. The van der Waals surface area contributed by atoms with Gasteiger partial charge < -0.3 is 15.1 Å². The monoisotopic (exact) mass is 363 g/mol. The molecule has 1 aliphatic heterocycles. The van der Waals surface area contributed by atoms with E-state index in [1.165, 1.54) is 38.5 Å². The molecule has 1 heterocycles. The van der Waals surface area contributed by atoms with E-state index in [4.69, 9.17) is 0 Å². The molecule has 1 atom stereocenters. The fraction of sp³-hybridized carbons (Fsp3) is 0.905. The number of hydrogen-bond acceptors (Lipinski definition) is 3. The molecule has 0 bridgehead atoms. The molecule has 2 saturated carbocycles. The summed E-state index contributed by atoms with van der Waals surface area (Å²) in [7, 11) is 2.18. The van der Waals surface area contributed by atoms with Gasteiger partial charge in [0.25, 0.3) is 0 Å². The Labute approximate surface area is 158 Å². The third kappa shape index (κ3) is 3.64. The summed E-state index contributed by atoms with van der Waals surface area (Å²) >= 11 is 0. The molecule has 3 aliphatic rings. The van der Waals surface area contributed by atoms with Crippen LogP contribution in [0.3, 0.4) is 0 Å². The number of likely N-dealkylation sites (N-methyl/N-ethyl adjacent to an activating group) is 1. The van der Waals surface area contributed by atoms with E-state index in [9.17, 15) is 9.59 Å². The van der Waals surface area contributed by atoms with Crippen molar-refractivity contribution in [2.24, 2.45) is 5.41 Å². The van der Waals surface area contributed by atoms with E-state index in [0.717, 1.165) is 32.2 Å². The molecular weight excluding hydrogens is 326 g/mol. The van der Waals surface area contributed by atoms with Crippen molar-refractivity contribution in [2.45, 2.75) is 96.2 Å². The SMILES string of the molecule is CC(C)N1C(=O)C2(CCCCC2)C1C(=O)NCCN(C)C1CCCCC1. The van der Waals surface area contributed by atoms with Gasteiger partial charge in [0.1, 0.15) is 6.04 Å². The summed E-state index contributed by atoms with van der Waals surface area (Å²) < 4.78 is 0. The van der Waals surface area contributed by atoms with Crippen molar-refractivity contribution >= 4 is 11.8 Å². The summed E-state index contributed by atoms with van der Waals surface area (Å²) in [6, 6.07) is 0.508. The third-order valence-electron chi connectivity index (χ3n) is 6.97. The Morgan fingerprint density at radius 3 is 2.38 bits per heavy atom. The van der Waals surface area contributed by atoms with Crippen LogP contribution in [0.15, 0.2) is 0 Å². The number of nitrogens with zero attached hydrogens (tertiary/aromatic N) is 2. The minimum atomic E-state index is -0.401. The van der Waals surface area contributed by atoms with Gasteiger partial charge in [0.15, 0.2) is 0 Å². The molecule has 1 spiro atoms. The van der Waals surface area contributed by atoms with Gasteiger partial charge in [-0.3, -0.25) is 9.59 Å². The van der Waals surface area contributed by atoms with Gasteiger partial charge in [-0.15, -0.1) is 0 Å².